The molecule has 0 saturated carbocycles. The van der Waals surface area contributed by atoms with E-state index >= 15 is 0 Å². The molecule has 5 heteroatoms. The van der Waals surface area contributed by atoms with E-state index in [-0.39, 0.29) is 12.6 Å². The standard InChI is InChI=1S/C16H26BrNO3/c1-4-6-7-21-16-9-14(17)12(8-15(16)20-3)10-18-13(5-2)11-19/h8-9,13,18-19H,4-7,10-11H2,1-3H3/t13-/m0/s1. The van der Waals surface area contributed by atoms with Crippen LogP contribution in [0.3, 0.4) is 0 Å². The van der Waals surface area contributed by atoms with Crippen LogP contribution in [-0.2, 0) is 6.54 Å². The van der Waals surface area contributed by atoms with E-state index in [4.69, 9.17) is 9.47 Å². The lowest BCUT2D eigenvalue weighted by Gasteiger charge is -2.17. The van der Waals surface area contributed by atoms with Gasteiger partial charge in [0.15, 0.2) is 11.5 Å². The highest BCUT2D eigenvalue weighted by atomic mass is 79.9. The van der Waals surface area contributed by atoms with Crippen LogP contribution in [0.15, 0.2) is 16.6 Å². The summed E-state index contributed by atoms with van der Waals surface area (Å²) in [5, 5.41) is 12.5. The Kier molecular flexibility index (Phi) is 8.73. The molecule has 0 aliphatic rings. The summed E-state index contributed by atoms with van der Waals surface area (Å²) in [7, 11) is 1.65. The highest BCUT2D eigenvalue weighted by Crippen LogP contribution is 2.33. The molecular weight excluding hydrogens is 334 g/mol. The molecule has 1 rings (SSSR count). The van der Waals surface area contributed by atoms with E-state index in [0.717, 1.165) is 40.8 Å². The lowest BCUT2D eigenvalue weighted by Crippen LogP contribution is -2.31. The lowest BCUT2D eigenvalue weighted by atomic mass is 10.1. The molecule has 0 amide bonds. The average molecular weight is 360 g/mol. The van der Waals surface area contributed by atoms with Crippen LogP contribution in [0.2, 0.25) is 0 Å². The molecule has 1 aromatic carbocycles. The molecule has 120 valence electrons. The van der Waals surface area contributed by atoms with E-state index in [1.54, 1.807) is 7.11 Å². The maximum Gasteiger partial charge on any atom is 0.162 e. The smallest absolute Gasteiger partial charge is 0.162 e. The van der Waals surface area contributed by atoms with Crippen molar-refractivity contribution in [2.45, 2.75) is 45.7 Å². The maximum absolute atomic E-state index is 9.22. The Balaban J connectivity index is 2.77. The molecular formula is C16H26BrNO3. The first-order chi connectivity index (χ1) is 10.2. The molecule has 1 atom stereocenters. The van der Waals surface area contributed by atoms with Gasteiger partial charge in [-0.1, -0.05) is 36.2 Å². The van der Waals surface area contributed by atoms with Gasteiger partial charge in [-0.25, -0.2) is 0 Å². The number of halogens is 1. The number of benzene rings is 1. The summed E-state index contributed by atoms with van der Waals surface area (Å²) < 4.78 is 12.1. The van der Waals surface area contributed by atoms with Crippen molar-refractivity contribution in [1.82, 2.24) is 5.32 Å². The van der Waals surface area contributed by atoms with Gasteiger partial charge in [-0.2, -0.15) is 0 Å². The number of aliphatic hydroxyl groups is 1. The Labute approximate surface area is 136 Å². The van der Waals surface area contributed by atoms with Gasteiger partial charge >= 0.3 is 0 Å². The van der Waals surface area contributed by atoms with E-state index in [1.807, 2.05) is 19.1 Å². The summed E-state index contributed by atoms with van der Waals surface area (Å²) in [5.74, 6) is 1.50. The van der Waals surface area contributed by atoms with Crippen molar-refractivity contribution < 1.29 is 14.6 Å². The highest BCUT2D eigenvalue weighted by molar-refractivity contribution is 9.10. The van der Waals surface area contributed by atoms with Crippen LogP contribution in [0.1, 0.15) is 38.7 Å². The molecule has 0 aliphatic heterocycles. The summed E-state index contributed by atoms with van der Waals surface area (Å²) >= 11 is 3.58. The number of rotatable bonds is 10. The minimum absolute atomic E-state index is 0.114. The minimum atomic E-state index is 0.114. The molecule has 0 unspecified atom stereocenters. The van der Waals surface area contributed by atoms with Crippen LogP contribution in [0.5, 0.6) is 11.5 Å². The second-order valence-electron chi connectivity index (χ2n) is 4.97. The van der Waals surface area contributed by atoms with Gasteiger partial charge in [-0.15, -0.1) is 0 Å². The van der Waals surface area contributed by atoms with Crippen molar-refractivity contribution in [1.29, 1.82) is 0 Å². The number of hydrogen-bond donors (Lipinski definition) is 2. The summed E-state index contributed by atoms with van der Waals surface area (Å²) in [6.07, 6.45) is 3.02. The van der Waals surface area contributed by atoms with Crippen LogP contribution in [-0.4, -0.2) is 31.5 Å². The molecule has 0 radical (unpaired) electrons. The molecule has 0 spiro atoms. The topological polar surface area (TPSA) is 50.7 Å². The van der Waals surface area contributed by atoms with Crippen molar-refractivity contribution in [3.8, 4) is 11.5 Å². The van der Waals surface area contributed by atoms with Gasteiger partial charge in [-0.3, -0.25) is 0 Å². The molecule has 0 bridgehead atoms. The summed E-state index contributed by atoms with van der Waals surface area (Å²) in [6.45, 7) is 5.69. The van der Waals surface area contributed by atoms with Crippen molar-refractivity contribution in [3.05, 3.63) is 22.2 Å². The first kappa shape index (κ1) is 18.3. The van der Waals surface area contributed by atoms with Crippen molar-refractivity contribution in [3.63, 3.8) is 0 Å². The first-order valence-corrected chi connectivity index (χ1v) is 8.28. The van der Waals surface area contributed by atoms with E-state index in [2.05, 4.69) is 28.2 Å². The number of aliphatic hydroxyl groups excluding tert-OH is 1. The zero-order valence-electron chi connectivity index (χ0n) is 13.1. The molecule has 0 aliphatic carbocycles. The molecule has 21 heavy (non-hydrogen) atoms. The summed E-state index contributed by atoms with van der Waals surface area (Å²) in [4.78, 5) is 0. The third-order valence-corrected chi connectivity index (χ3v) is 4.12. The van der Waals surface area contributed by atoms with Crippen LogP contribution in [0.25, 0.3) is 0 Å². The molecule has 0 saturated heterocycles. The van der Waals surface area contributed by atoms with E-state index in [0.29, 0.717) is 13.2 Å². The average Bonchev–Trinajstić information content (AvgIpc) is 2.50. The molecule has 1 aromatic rings. The summed E-state index contributed by atoms with van der Waals surface area (Å²) in [5.41, 5.74) is 1.08. The van der Waals surface area contributed by atoms with Crippen LogP contribution < -0.4 is 14.8 Å². The second-order valence-corrected chi connectivity index (χ2v) is 5.82. The monoisotopic (exact) mass is 359 g/mol. The zero-order chi connectivity index (χ0) is 15.7. The number of hydrogen-bond acceptors (Lipinski definition) is 4. The van der Waals surface area contributed by atoms with E-state index < -0.39 is 0 Å². The Morgan fingerprint density at radius 2 is 2.05 bits per heavy atom. The van der Waals surface area contributed by atoms with Crippen molar-refractivity contribution >= 4 is 15.9 Å². The van der Waals surface area contributed by atoms with Crippen molar-refractivity contribution in [2.24, 2.45) is 0 Å². The van der Waals surface area contributed by atoms with Gasteiger partial charge in [0.05, 0.1) is 20.3 Å². The number of ether oxygens (including phenoxy) is 2. The van der Waals surface area contributed by atoms with Gasteiger partial charge in [0.2, 0.25) is 0 Å². The number of unbranched alkanes of at least 4 members (excludes halogenated alkanes) is 1. The predicted molar refractivity (Wildman–Crippen MR) is 89.1 cm³/mol. The maximum atomic E-state index is 9.22. The number of nitrogens with one attached hydrogen (secondary N) is 1. The quantitative estimate of drug-likeness (QED) is 0.627. The van der Waals surface area contributed by atoms with Gasteiger partial charge in [0.1, 0.15) is 0 Å². The van der Waals surface area contributed by atoms with Crippen molar-refractivity contribution in [2.75, 3.05) is 20.3 Å². The van der Waals surface area contributed by atoms with E-state index in [9.17, 15) is 5.11 Å². The highest BCUT2D eigenvalue weighted by Gasteiger charge is 2.11. The Hall–Kier alpha value is -0.780. The van der Waals surface area contributed by atoms with Gasteiger partial charge in [0, 0.05) is 17.1 Å². The van der Waals surface area contributed by atoms with Crippen LogP contribution in [0, 0.1) is 0 Å². The van der Waals surface area contributed by atoms with Gasteiger partial charge in [-0.05, 0) is 30.5 Å². The minimum Gasteiger partial charge on any atom is -0.493 e. The number of methoxy groups -OCH3 is 1. The molecule has 4 nitrogen and oxygen atoms in total. The van der Waals surface area contributed by atoms with Gasteiger partial charge in [0.25, 0.3) is 0 Å². The second kappa shape index (κ2) is 10.0. The molecule has 2 N–H and O–H groups in total. The van der Waals surface area contributed by atoms with E-state index in [1.165, 1.54) is 0 Å². The van der Waals surface area contributed by atoms with Crippen LogP contribution >= 0.6 is 15.9 Å². The third kappa shape index (κ3) is 5.85. The molecule has 0 fully saturated rings. The lowest BCUT2D eigenvalue weighted by molar-refractivity contribution is 0.238. The third-order valence-electron chi connectivity index (χ3n) is 3.38. The normalized spacial score (nSPS) is 12.2. The zero-order valence-corrected chi connectivity index (χ0v) is 14.7. The van der Waals surface area contributed by atoms with Gasteiger partial charge < -0.3 is 19.9 Å². The predicted octanol–water partition coefficient (Wildman–Crippen LogP) is 3.50. The first-order valence-electron chi connectivity index (χ1n) is 7.49. The molecule has 0 heterocycles. The Bertz CT molecular complexity index is 422. The fourth-order valence-corrected chi connectivity index (χ4v) is 2.37. The largest absolute Gasteiger partial charge is 0.493 e. The SMILES string of the molecule is CCCCOc1cc(Br)c(CN[C@@H](CC)CO)cc1OC. The fraction of sp³-hybridized carbons (Fsp3) is 0.625. The van der Waals surface area contributed by atoms with Crippen LogP contribution in [0.4, 0.5) is 0 Å². The molecule has 0 aromatic heterocycles. The fourth-order valence-electron chi connectivity index (χ4n) is 1.90. The summed E-state index contributed by atoms with van der Waals surface area (Å²) in [6, 6.07) is 4.04. The Morgan fingerprint density at radius 1 is 1.29 bits per heavy atom. The Morgan fingerprint density at radius 3 is 2.62 bits per heavy atom.